The van der Waals surface area contributed by atoms with Crippen molar-refractivity contribution in [2.24, 2.45) is 0 Å². The molecule has 200 valence electrons. The van der Waals surface area contributed by atoms with Crippen molar-refractivity contribution in [3.05, 3.63) is 80.1 Å². The number of benzene rings is 2. The largest absolute Gasteiger partial charge is 0.491 e. The standard InChI is InChI=1S/C30H31BClN3O4/c1-17-13-22(29-23(14-17)28(36)18(2)30(39-29)35-11-5-4-6-12-35)19(3)33-25-9-10-26(32)34-27(25)20-7-8-24-21(15-20)16-38-31(24)37/h7-10,13-15,19,33,37H,4-6,11-12,16H2,1-3H3/t19-/m1/s1. The van der Waals surface area contributed by atoms with Crippen molar-refractivity contribution in [1.29, 1.82) is 0 Å². The molecule has 6 rings (SSSR count). The number of nitrogens with one attached hydrogen (secondary N) is 1. The molecule has 1 atom stereocenters. The summed E-state index contributed by atoms with van der Waals surface area (Å²) in [6, 6.07) is 13.2. The van der Waals surface area contributed by atoms with Crippen molar-refractivity contribution >= 4 is 46.7 Å². The monoisotopic (exact) mass is 543 g/mol. The molecule has 4 heterocycles. The lowest BCUT2D eigenvalue weighted by Crippen LogP contribution is -2.31. The Kier molecular flexibility index (Phi) is 6.87. The molecule has 0 spiro atoms. The normalized spacial score (nSPS) is 16.0. The summed E-state index contributed by atoms with van der Waals surface area (Å²) in [6.45, 7) is 8.06. The van der Waals surface area contributed by atoms with Gasteiger partial charge in [-0.25, -0.2) is 4.98 Å². The van der Waals surface area contributed by atoms with Crippen LogP contribution in [0.5, 0.6) is 0 Å². The Morgan fingerprint density at radius 2 is 1.90 bits per heavy atom. The number of nitrogens with zero attached hydrogens (tertiary/aromatic N) is 2. The second-order valence-corrected chi connectivity index (χ2v) is 11.0. The van der Waals surface area contributed by atoms with Gasteiger partial charge in [-0.05, 0) is 80.9 Å². The van der Waals surface area contributed by atoms with Crippen LogP contribution in [0.15, 0.2) is 51.7 Å². The van der Waals surface area contributed by atoms with Gasteiger partial charge >= 0.3 is 7.12 Å². The number of anilines is 2. The van der Waals surface area contributed by atoms with E-state index >= 15 is 0 Å². The molecule has 0 amide bonds. The molecule has 0 radical (unpaired) electrons. The minimum Gasteiger partial charge on any atom is -0.440 e. The first kappa shape index (κ1) is 25.9. The van der Waals surface area contributed by atoms with E-state index < -0.39 is 7.12 Å². The number of fused-ring (bicyclic) bond motifs is 2. The molecule has 0 unspecified atom stereocenters. The number of hydrogen-bond acceptors (Lipinski definition) is 7. The van der Waals surface area contributed by atoms with Crippen molar-refractivity contribution in [2.45, 2.75) is 52.7 Å². The van der Waals surface area contributed by atoms with Crippen molar-refractivity contribution in [3.8, 4) is 11.3 Å². The maximum absolute atomic E-state index is 13.5. The lowest BCUT2D eigenvalue weighted by molar-refractivity contribution is 0.275. The van der Waals surface area contributed by atoms with Crippen LogP contribution in [0, 0.1) is 13.8 Å². The van der Waals surface area contributed by atoms with E-state index in [-0.39, 0.29) is 11.5 Å². The summed E-state index contributed by atoms with van der Waals surface area (Å²) in [4.78, 5) is 20.4. The predicted molar refractivity (Wildman–Crippen MR) is 157 cm³/mol. The third kappa shape index (κ3) is 4.82. The summed E-state index contributed by atoms with van der Waals surface area (Å²) >= 11 is 6.33. The van der Waals surface area contributed by atoms with Crippen LogP contribution < -0.4 is 21.1 Å². The SMILES string of the molecule is Cc1cc([C@@H](C)Nc2ccc(Cl)nc2-c2ccc3c(c2)COB3O)c2oc(N3CCCCC3)c(C)c(=O)c2c1. The van der Waals surface area contributed by atoms with Gasteiger partial charge in [-0.3, -0.25) is 4.79 Å². The van der Waals surface area contributed by atoms with Gasteiger partial charge in [-0.15, -0.1) is 0 Å². The maximum Gasteiger partial charge on any atom is 0.491 e. The Bertz CT molecular complexity index is 1630. The van der Waals surface area contributed by atoms with Gasteiger partial charge in [0.25, 0.3) is 0 Å². The Morgan fingerprint density at radius 1 is 1.10 bits per heavy atom. The number of aromatic nitrogens is 1. The van der Waals surface area contributed by atoms with Gasteiger partial charge in [0.05, 0.1) is 35.0 Å². The highest BCUT2D eigenvalue weighted by Crippen LogP contribution is 2.35. The average Bonchev–Trinajstić information content (AvgIpc) is 3.31. The first-order chi connectivity index (χ1) is 18.8. The molecule has 2 aliphatic heterocycles. The fourth-order valence-corrected chi connectivity index (χ4v) is 5.88. The number of rotatable bonds is 5. The third-order valence-electron chi connectivity index (χ3n) is 7.79. The summed E-state index contributed by atoms with van der Waals surface area (Å²) < 4.78 is 11.9. The van der Waals surface area contributed by atoms with E-state index in [2.05, 4.69) is 28.2 Å². The van der Waals surface area contributed by atoms with Crippen LogP contribution in [0.25, 0.3) is 22.2 Å². The van der Waals surface area contributed by atoms with Crippen molar-refractivity contribution in [2.75, 3.05) is 23.3 Å². The Balaban J connectivity index is 1.41. The van der Waals surface area contributed by atoms with E-state index in [0.717, 1.165) is 59.3 Å². The van der Waals surface area contributed by atoms with E-state index in [0.29, 0.717) is 39.9 Å². The van der Waals surface area contributed by atoms with E-state index in [1.807, 2.05) is 44.2 Å². The van der Waals surface area contributed by atoms with Crippen LogP contribution >= 0.6 is 11.6 Å². The van der Waals surface area contributed by atoms with Crippen LogP contribution in [0.4, 0.5) is 11.6 Å². The lowest BCUT2D eigenvalue weighted by atomic mass is 9.79. The zero-order chi connectivity index (χ0) is 27.3. The van der Waals surface area contributed by atoms with Crippen LogP contribution in [-0.4, -0.2) is 30.2 Å². The van der Waals surface area contributed by atoms with E-state index in [4.69, 9.17) is 20.7 Å². The third-order valence-corrected chi connectivity index (χ3v) is 8.00. The van der Waals surface area contributed by atoms with Gasteiger partial charge in [0, 0.05) is 24.2 Å². The molecule has 2 aromatic heterocycles. The van der Waals surface area contributed by atoms with Gasteiger partial charge < -0.3 is 24.3 Å². The molecule has 2 aliphatic rings. The van der Waals surface area contributed by atoms with Crippen LogP contribution in [-0.2, 0) is 11.3 Å². The molecular formula is C30H31BClN3O4. The molecule has 9 heteroatoms. The summed E-state index contributed by atoms with van der Waals surface area (Å²) in [5.74, 6) is 0.681. The van der Waals surface area contributed by atoms with Gasteiger partial charge in [-0.2, -0.15) is 0 Å². The van der Waals surface area contributed by atoms with Crippen LogP contribution in [0.2, 0.25) is 5.15 Å². The fourth-order valence-electron chi connectivity index (χ4n) is 5.74. The maximum atomic E-state index is 13.5. The van der Waals surface area contributed by atoms with E-state index in [9.17, 15) is 9.82 Å². The number of pyridine rings is 1. The van der Waals surface area contributed by atoms with E-state index in [1.165, 1.54) is 6.42 Å². The van der Waals surface area contributed by atoms with Gasteiger partial charge in [0.2, 0.25) is 5.88 Å². The van der Waals surface area contributed by atoms with Gasteiger partial charge in [0.1, 0.15) is 10.7 Å². The fraction of sp³-hybridized carbons (Fsp3) is 0.333. The summed E-state index contributed by atoms with van der Waals surface area (Å²) in [6.07, 6.45) is 3.40. The molecule has 1 fully saturated rings. The highest BCUT2D eigenvalue weighted by molar-refractivity contribution is 6.61. The van der Waals surface area contributed by atoms with Crippen molar-refractivity contribution < 1.29 is 14.1 Å². The number of halogens is 1. The summed E-state index contributed by atoms with van der Waals surface area (Å²) in [5, 5.41) is 14.6. The van der Waals surface area contributed by atoms with Crippen LogP contribution in [0.3, 0.4) is 0 Å². The molecule has 2 aromatic carbocycles. The quantitative estimate of drug-likeness (QED) is 0.254. The van der Waals surface area contributed by atoms with Crippen LogP contribution in [0.1, 0.15) is 54.5 Å². The molecule has 2 N–H and O–H groups in total. The highest BCUT2D eigenvalue weighted by atomic mass is 35.5. The number of hydrogen-bond donors (Lipinski definition) is 2. The minimum atomic E-state index is -0.901. The zero-order valence-electron chi connectivity index (χ0n) is 22.4. The molecule has 0 aliphatic carbocycles. The predicted octanol–water partition coefficient (Wildman–Crippen LogP) is 5.51. The van der Waals surface area contributed by atoms with Crippen molar-refractivity contribution in [1.82, 2.24) is 4.98 Å². The molecule has 0 saturated carbocycles. The molecule has 39 heavy (non-hydrogen) atoms. The Labute approximate surface area is 232 Å². The molecule has 0 bridgehead atoms. The molecular weight excluding hydrogens is 513 g/mol. The van der Waals surface area contributed by atoms with Crippen molar-refractivity contribution in [3.63, 3.8) is 0 Å². The topological polar surface area (TPSA) is 87.8 Å². The molecule has 7 nitrogen and oxygen atoms in total. The van der Waals surface area contributed by atoms with E-state index in [1.54, 1.807) is 6.07 Å². The Hall–Kier alpha value is -3.33. The van der Waals surface area contributed by atoms with Gasteiger partial charge in [0.15, 0.2) is 5.43 Å². The average molecular weight is 544 g/mol. The number of aryl methyl sites for hydroxylation is 1. The Morgan fingerprint density at radius 3 is 2.69 bits per heavy atom. The summed E-state index contributed by atoms with van der Waals surface area (Å²) in [7, 11) is -0.901. The first-order valence-corrected chi connectivity index (χ1v) is 13.9. The number of piperidine rings is 1. The molecule has 4 aromatic rings. The zero-order valence-corrected chi connectivity index (χ0v) is 23.1. The summed E-state index contributed by atoms with van der Waals surface area (Å²) in [5.41, 5.74) is 7.26. The van der Waals surface area contributed by atoms with Gasteiger partial charge in [-0.1, -0.05) is 29.8 Å². The second-order valence-electron chi connectivity index (χ2n) is 10.6. The lowest BCUT2D eigenvalue weighted by Gasteiger charge is -2.29. The minimum absolute atomic E-state index is 0.0189. The molecule has 1 saturated heterocycles. The first-order valence-electron chi connectivity index (χ1n) is 13.5. The highest BCUT2D eigenvalue weighted by Gasteiger charge is 2.28. The second kappa shape index (κ2) is 10.3. The smallest absolute Gasteiger partial charge is 0.440 e.